The number of hydrogen-bond donors (Lipinski definition) is 2. The third-order valence-corrected chi connectivity index (χ3v) is 7.07. The van der Waals surface area contributed by atoms with E-state index < -0.39 is 0 Å². The van der Waals surface area contributed by atoms with E-state index >= 15 is 0 Å². The highest BCUT2D eigenvalue weighted by Gasteiger charge is 2.17. The molecule has 2 aromatic carbocycles. The van der Waals surface area contributed by atoms with Crippen LogP contribution in [0.4, 0.5) is 17.3 Å². The Bertz CT molecular complexity index is 1430. The molecule has 1 aliphatic heterocycles. The van der Waals surface area contributed by atoms with Gasteiger partial charge in [0.15, 0.2) is 0 Å². The lowest BCUT2D eigenvalue weighted by atomic mass is 10.1. The number of nitrogens with zero attached hydrogens (tertiary/aromatic N) is 4. The smallest absolute Gasteiger partial charge is 0.232 e. The molecule has 8 heteroatoms. The number of nitriles is 1. The van der Waals surface area contributed by atoms with E-state index in [9.17, 15) is 0 Å². The number of nitrogens with one attached hydrogen (secondary N) is 1. The number of aryl methyl sites for hydroxylation is 2. The Morgan fingerprint density at radius 1 is 1.17 bits per heavy atom. The number of fused-ring (bicyclic) bond motifs is 1. The van der Waals surface area contributed by atoms with Crippen molar-refractivity contribution < 1.29 is 4.74 Å². The zero-order valence-electron chi connectivity index (χ0n) is 20.4. The van der Waals surface area contributed by atoms with Crippen molar-refractivity contribution in [3.8, 4) is 17.7 Å². The fourth-order valence-electron chi connectivity index (χ4n) is 4.56. The Morgan fingerprint density at radius 2 is 1.94 bits per heavy atom. The third kappa shape index (κ3) is 5.18. The summed E-state index contributed by atoms with van der Waals surface area (Å²) in [5.74, 6) is 1.75. The molecule has 1 fully saturated rings. The largest absolute Gasteiger partial charge is 0.438 e. The average molecular weight is 497 g/mol. The van der Waals surface area contributed by atoms with Gasteiger partial charge in [0.25, 0.3) is 0 Å². The van der Waals surface area contributed by atoms with E-state index in [1.165, 1.54) is 11.8 Å². The van der Waals surface area contributed by atoms with Crippen molar-refractivity contribution in [2.24, 2.45) is 5.73 Å². The highest BCUT2D eigenvalue weighted by molar-refractivity contribution is 7.16. The quantitative estimate of drug-likeness (QED) is 0.302. The number of nitrogens with two attached hydrogens (primary N) is 1. The summed E-state index contributed by atoms with van der Waals surface area (Å²) in [6.45, 7) is 5.91. The monoisotopic (exact) mass is 496 g/mol. The van der Waals surface area contributed by atoms with Gasteiger partial charge >= 0.3 is 0 Å². The number of rotatable bonds is 6. The van der Waals surface area contributed by atoms with Crippen molar-refractivity contribution >= 4 is 45.0 Å². The molecule has 1 saturated heterocycles. The molecule has 0 aliphatic carbocycles. The van der Waals surface area contributed by atoms with Crippen molar-refractivity contribution in [2.75, 3.05) is 23.3 Å². The van der Waals surface area contributed by atoms with E-state index in [0.29, 0.717) is 11.8 Å². The summed E-state index contributed by atoms with van der Waals surface area (Å²) < 4.78 is 6.37. The molecule has 2 aromatic heterocycles. The van der Waals surface area contributed by atoms with Crippen LogP contribution in [-0.4, -0.2) is 29.1 Å². The Morgan fingerprint density at radius 3 is 2.67 bits per heavy atom. The fourth-order valence-corrected chi connectivity index (χ4v) is 5.32. The normalized spacial score (nSPS) is 15.8. The van der Waals surface area contributed by atoms with Crippen LogP contribution in [0.1, 0.15) is 29.5 Å². The molecule has 0 spiro atoms. The second-order valence-corrected chi connectivity index (χ2v) is 9.95. The molecule has 0 amide bonds. The van der Waals surface area contributed by atoms with Gasteiger partial charge in [0.05, 0.1) is 11.5 Å². The van der Waals surface area contributed by atoms with Crippen LogP contribution in [0.2, 0.25) is 0 Å². The molecule has 182 valence electrons. The van der Waals surface area contributed by atoms with Gasteiger partial charge in [-0.15, -0.1) is 11.3 Å². The van der Waals surface area contributed by atoms with Crippen molar-refractivity contribution in [1.29, 1.82) is 5.26 Å². The first kappa shape index (κ1) is 23.8. The van der Waals surface area contributed by atoms with E-state index in [0.717, 1.165) is 64.3 Å². The van der Waals surface area contributed by atoms with Crippen molar-refractivity contribution in [3.05, 3.63) is 70.6 Å². The Hall–Kier alpha value is -3.93. The van der Waals surface area contributed by atoms with Crippen LogP contribution in [-0.2, 0) is 0 Å². The summed E-state index contributed by atoms with van der Waals surface area (Å²) in [7, 11) is 0. The van der Waals surface area contributed by atoms with Gasteiger partial charge in [-0.05, 0) is 97.3 Å². The second-order valence-electron chi connectivity index (χ2n) is 9.06. The molecule has 1 aliphatic rings. The molecule has 5 rings (SSSR count). The molecule has 7 nitrogen and oxygen atoms in total. The Kier molecular flexibility index (Phi) is 6.85. The zero-order valence-corrected chi connectivity index (χ0v) is 21.2. The zero-order chi connectivity index (χ0) is 25.1. The van der Waals surface area contributed by atoms with Gasteiger partial charge < -0.3 is 20.7 Å². The third-order valence-electron chi connectivity index (χ3n) is 6.27. The second kappa shape index (κ2) is 10.4. The molecule has 1 atom stereocenters. The van der Waals surface area contributed by atoms with Crippen LogP contribution in [0.5, 0.6) is 11.6 Å². The molecule has 1 unspecified atom stereocenters. The number of ether oxygens (including phenoxy) is 1. The number of piperidine rings is 1. The predicted molar refractivity (Wildman–Crippen MR) is 147 cm³/mol. The highest BCUT2D eigenvalue weighted by Crippen LogP contribution is 2.35. The van der Waals surface area contributed by atoms with Crippen molar-refractivity contribution in [3.63, 3.8) is 0 Å². The molecule has 3 N–H and O–H groups in total. The summed E-state index contributed by atoms with van der Waals surface area (Å²) in [5, 5.41) is 15.0. The van der Waals surface area contributed by atoms with Crippen molar-refractivity contribution in [1.82, 2.24) is 9.97 Å². The van der Waals surface area contributed by atoms with Gasteiger partial charge in [-0.25, -0.2) is 4.98 Å². The van der Waals surface area contributed by atoms with Crippen LogP contribution in [0.25, 0.3) is 16.3 Å². The summed E-state index contributed by atoms with van der Waals surface area (Å²) in [4.78, 5) is 12.6. The van der Waals surface area contributed by atoms with Gasteiger partial charge in [0.1, 0.15) is 10.6 Å². The minimum atomic E-state index is 0.235. The van der Waals surface area contributed by atoms with E-state index in [4.69, 9.17) is 25.7 Å². The van der Waals surface area contributed by atoms with Crippen LogP contribution >= 0.6 is 11.3 Å². The van der Waals surface area contributed by atoms with E-state index in [2.05, 4.69) is 22.3 Å². The molecular formula is C28H28N6OS. The van der Waals surface area contributed by atoms with Gasteiger partial charge in [0, 0.05) is 36.6 Å². The van der Waals surface area contributed by atoms with E-state index in [1.54, 1.807) is 17.4 Å². The Labute approximate surface area is 214 Å². The van der Waals surface area contributed by atoms with E-state index in [-0.39, 0.29) is 6.04 Å². The molecule has 0 bridgehead atoms. The van der Waals surface area contributed by atoms with E-state index in [1.807, 2.05) is 55.6 Å². The lowest BCUT2D eigenvalue weighted by Crippen LogP contribution is -2.42. The van der Waals surface area contributed by atoms with Crippen LogP contribution < -0.4 is 20.7 Å². The van der Waals surface area contributed by atoms with Crippen LogP contribution in [0, 0.1) is 25.2 Å². The fraction of sp³-hybridized carbons (Fsp3) is 0.250. The van der Waals surface area contributed by atoms with Gasteiger partial charge in [-0.2, -0.15) is 10.2 Å². The first-order valence-corrected chi connectivity index (χ1v) is 12.9. The number of allylic oxidation sites excluding steroid dienone is 1. The lowest BCUT2D eigenvalue weighted by molar-refractivity contribution is 0.462. The Balaban J connectivity index is 1.40. The number of aromatic nitrogens is 2. The number of hydrogen-bond acceptors (Lipinski definition) is 8. The molecule has 3 heterocycles. The molecular weight excluding hydrogens is 468 g/mol. The minimum Gasteiger partial charge on any atom is -0.438 e. The van der Waals surface area contributed by atoms with Crippen LogP contribution in [0.15, 0.2) is 53.9 Å². The summed E-state index contributed by atoms with van der Waals surface area (Å²) in [6.07, 6.45) is 5.47. The standard InChI is InChI=1S/C28H28N6OS/c1-18-15-20(5-3-12-29)16-19(2)25(18)35-26-24-11-14-36-27(24)33-28(32-26)31-22-7-9-23(10-8-22)34-13-4-6-21(30)17-34/h3,5,7-11,14-16,21H,4,6,13,17,30H2,1-2H3,(H,31,32,33)/b5-3+. The summed E-state index contributed by atoms with van der Waals surface area (Å²) in [5.41, 5.74) is 11.1. The van der Waals surface area contributed by atoms with Gasteiger partial charge in [-0.1, -0.05) is 0 Å². The number of benzene rings is 2. The molecule has 36 heavy (non-hydrogen) atoms. The SMILES string of the molecule is Cc1cc(/C=C/C#N)cc(C)c1Oc1nc(Nc2ccc(N3CCCC(N)C3)cc2)nc2sccc12. The molecule has 4 aromatic rings. The maximum absolute atomic E-state index is 8.82. The first-order valence-electron chi connectivity index (χ1n) is 12.0. The van der Waals surface area contributed by atoms with Gasteiger partial charge in [-0.3, -0.25) is 0 Å². The number of thiophene rings is 1. The highest BCUT2D eigenvalue weighted by atomic mass is 32.1. The molecule has 0 radical (unpaired) electrons. The number of anilines is 3. The predicted octanol–water partition coefficient (Wildman–Crippen LogP) is 6.31. The van der Waals surface area contributed by atoms with Crippen molar-refractivity contribution in [2.45, 2.75) is 32.7 Å². The maximum atomic E-state index is 8.82. The van der Waals surface area contributed by atoms with Gasteiger partial charge in [0.2, 0.25) is 11.8 Å². The average Bonchev–Trinajstić information content (AvgIpc) is 3.34. The minimum absolute atomic E-state index is 0.235. The summed E-state index contributed by atoms with van der Waals surface area (Å²) >= 11 is 1.55. The maximum Gasteiger partial charge on any atom is 0.232 e. The lowest BCUT2D eigenvalue weighted by Gasteiger charge is -2.32. The summed E-state index contributed by atoms with van der Waals surface area (Å²) in [6, 6.07) is 16.5. The topological polar surface area (TPSA) is 100 Å². The van der Waals surface area contributed by atoms with Crippen LogP contribution in [0.3, 0.4) is 0 Å². The molecule has 0 saturated carbocycles. The first-order chi connectivity index (χ1) is 17.5.